The molecule has 4 rings (SSSR count). The second-order valence-corrected chi connectivity index (χ2v) is 6.55. The van der Waals surface area contributed by atoms with Crippen LogP contribution in [0.3, 0.4) is 0 Å². The Morgan fingerprint density at radius 3 is 2.81 bits per heavy atom. The molecule has 1 aromatic carbocycles. The summed E-state index contributed by atoms with van der Waals surface area (Å²) in [5, 5.41) is 7.34. The Balaban J connectivity index is 1.69. The number of likely N-dealkylation sites (N-methyl/N-ethyl adjacent to an activating group) is 1. The second kappa shape index (κ2) is 6.08. The van der Waals surface area contributed by atoms with Gasteiger partial charge in [-0.2, -0.15) is 0 Å². The largest absolute Gasteiger partial charge is 0.479 e. The van der Waals surface area contributed by atoms with Crippen LogP contribution in [0.1, 0.15) is 28.7 Å². The predicted octanol–water partition coefficient (Wildman–Crippen LogP) is 2.84. The highest BCUT2D eigenvalue weighted by Crippen LogP contribution is 2.35. The highest BCUT2D eigenvalue weighted by molar-refractivity contribution is 6.12. The minimum absolute atomic E-state index is 0.141. The summed E-state index contributed by atoms with van der Waals surface area (Å²) in [5.41, 5.74) is 3.17. The monoisotopic (exact) mass is 366 g/mol. The van der Waals surface area contributed by atoms with Crippen LogP contribution in [0.2, 0.25) is 0 Å². The third-order valence-electron chi connectivity index (χ3n) is 4.55. The molecule has 0 fully saturated rings. The van der Waals surface area contributed by atoms with Gasteiger partial charge < -0.3 is 19.5 Å². The van der Waals surface area contributed by atoms with Gasteiger partial charge in [0.1, 0.15) is 5.75 Å². The van der Waals surface area contributed by atoms with Crippen molar-refractivity contribution in [2.45, 2.75) is 26.9 Å². The number of anilines is 2. The number of hydrogen-bond acceptors (Lipinski definition) is 6. The average Bonchev–Trinajstić information content (AvgIpc) is 3.00. The van der Waals surface area contributed by atoms with E-state index in [9.17, 15) is 9.59 Å². The minimum atomic E-state index is -0.535. The lowest BCUT2D eigenvalue weighted by atomic mass is 10.1. The van der Waals surface area contributed by atoms with Gasteiger partial charge in [0.15, 0.2) is 6.10 Å². The Hall–Kier alpha value is -3.42. The summed E-state index contributed by atoms with van der Waals surface area (Å²) in [6.07, 6.45) is -0.535. The quantitative estimate of drug-likeness (QED) is 0.749. The molecule has 2 amide bonds. The number of aromatic nitrogens is 2. The summed E-state index contributed by atoms with van der Waals surface area (Å²) in [7, 11) is 1.68. The van der Waals surface area contributed by atoms with E-state index in [4.69, 9.17) is 9.26 Å². The van der Waals surface area contributed by atoms with Crippen molar-refractivity contribution in [2.75, 3.05) is 17.3 Å². The van der Waals surface area contributed by atoms with E-state index in [1.165, 1.54) is 4.90 Å². The summed E-state index contributed by atoms with van der Waals surface area (Å²) in [6, 6.07) is 6.88. The molecule has 1 N–H and O–H groups in total. The zero-order chi connectivity index (χ0) is 19.3. The Kier molecular flexibility index (Phi) is 3.83. The molecule has 3 heterocycles. The van der Waals surface area contributed by atoms with E-state index in [0.717, 1.165) is 0 Å². The minimum Gasteiger partial charge on any atom is -0.479 e. The first-order valence-electron chi connectivity index (χ1n) is 8.48. The zero-order valence-corrected chi connectivity index (χ0v) is 15.4. The number of pyridine rings is 1. The van der Waals surface area contributed by atoms with Gasteiger partial charge in [0.05, 0.1) is 22.3 Å². The van der Waals surface area contributed by atoms with Crippen LogP contribution in [0.15, 0.2) is 28.8 Å². The Labute approximate surface area is 155 Å². The van der Waals surface area contributed by atoms with E-state index >= 15 is 0 Å². The normalized spacial score (nSPS) is 16.2. The molecule has 27 heavy (non-hydrogen) atoms. The maximum Gasteiger partial charge on any atom is 0.267 e. The lowest BCUT2D eigenvalue weighted by Crippen LogP contribution is -2.41. The zero-order valence-electron chi connectivity index (χ0n) is 15.4. The molecule has 1 atom stereocenters. The molecule has 8 heteroatoms. The summed E-state index contributed by atoms with van der Waals surface area (Å²) in [5.74, 6) is 0.146. The van der Waals surface area contributed by atoms with Crippen LogP contribution in [0.4, 0.5) is 11.4 Å². The maximum atomic E-state index is 12.9. The first-order chi connectivity index (χ1) is 12.8. The van der Waals surface area contributed by atoms with Gasteiger partial charge >= 0.3 is 0 Å². The Morgan fingerprint density at radius 1 is 1.26 bits per heavy atom. The molecule has 0 bridgehead atoms. The number of carbonyl (C=O) groups excluding carboxylic acids is 2. The number of nitrogens with zero attached hydrogens (tertiary/aromatic N) is 3. The second-order valence-electron chi connectivity index (χ2n) is 6.55. The van der Waals surface area contributed by atoms with E-state index in [0.29, 0.717) is 45.2 Å². The molecule has 138 valence electrons. The predicted molar refractivity (Wildman–Crippen MR) is 99.2 cm³/mol. The third kappa shape index (κ3) is 2.79. The molecular weight excluding hydrogens is 348 g/mol. The van der Waals surface area contributed by atoms with Crippen LogP contribution in [0.5, 0.6) is 5.75 Å². The van der Waals surface area contributed by atoms with Gasteiger partial charge in [-0.15, -0.1) is 0 Å². The summed E-state index contributed by atoms with van der Waals surface area (Å²) < 4.78 is 10.8. The molecule has 0 aliphatic carbocycles. The van der Waals surface area contributed by atoms with Crippen molar-refractivity contribution in [3.05, 3.63) is 41.2 Å². The molecule has 0 saturated heterocycles. The Bertz CT molecular complexity index is 1090. The van der Waals surface area contributed by atoms with E-state index < -0.39 is 6.10 Å². The molecule has 0 spiro atoms. The number of ether oxygens (including phenoxy) is 1. The molecular formula is C19H18N4O4. The van der Waals surface area contributed by atoms with Crippen molar-refractivity contribution in [1.82, 2.24) is 10.1 Å². The molecule has 8 nitrogen and oxygen atoms in total. The van der Waals surface area contributed by atoms with Crippen LogP contribution in [-0.2, 0) is 4.79 Å². The lowest BCUT2D eigenvalue weighted by Gasteiger charge is -2.30. The number of nitrogens with one attached hydrogen (secondary N) is 1. The fourth-order valence-electron chi connectivity index (χ4n) is 3.18. The number of hydrogen-bond donors (Lipinski definition) is 1. The van der Waals surface area contributed by atoms with Crippen molar-refractivity contribution < 1.29 is 18.8 Å². The SMILES string of the molecule is Cc1cc(C(=O)Nc2ccc3c(c2)N(C)C(=O)C(C)O3)c2c(C)noc2n1. The standard InChI is InChI=1S/C19H18N4O4/c1-9-7-13(16-10(2)22-27-18(16)20-9)17(24)21-12-5-6-15-14(8-12)23(4)19(25)11(3)26-15/h5-8,11H,1-4H3,(H,21,24). The van der Waals surface area contributed by atoms with Crippen molar-refractivity contribution >= 4 is 34.3 Å². The average molecular weight is 366 g/mol. The molecule has 1 unspecified atom stereocenters. The third-order valence-corrected chi connectivity index (χ3v) is 4.55. The van der Waals surface area contributed by atoms with Crippen LogP contribution < -0.4 is 15.0 Å². The van der Waals surface area contributed by atoms with Gasteiger partial charge in [-0.05, 0) is 45.0 Å². The van der Waals surface area contributed by atoms with E-state index in [-0.39, 0.29) is 11.8 Å². The molecule has 0 radical (unpaired) electrons. The number of rotatable bonds is 2. The number of carbonyl (C=O) groups is 2. The first kappa shape index (κ1) is 17.0. The Morgan fingerprint density at radius 2 is 2.04 bits per heavy atom. The molecule has 1 aliphatic heterocycles. The number of aryl methyl sites for hydroxylation is 2. The molecule has 3 aromatic rings. The van der Waals surface area contributed by atoms with Gasteiger partial charge in [-0.1, -0.05) is 5.16 Å². The maximum absolute atomic E-state index is 12.9. The molecule has 2 aromatic heterocycles. The summed E-state index contributed by atoms with van der Waals surface area (Å²) in [4.78, 5) is 30.8. The van der Waals surface area contributed by atoms with Crippen LogP contribution >= 0.6 is 0 Å². The first-order valence-corrected chi connectivity index (χ1v) is 8.48. The number of fused-ring (bicyclic) bond motifs is 2. The van der Waals surface area contributed by atoms with Gasteiger partial charge in [0.25, 0.3) is 17.5 Å². The van der Waals surface area contributed by atoms with Gasteiger partial charge in [-0.25, -0.2) is 4.98 Å². The number of amides is 2. The fraction of sp³-hybridized carbons (Fsp3) is 0.263. The van der Waals surface area contributed by atoms with Gasteiger partial charge in [-0.3, -0.25) is 9.59 Å². The number of benzene rings is 1. The van der Waals surface area contributed by atoms with E-state index in [2.05, 4.69) is 15.5 Å². The van der Waals surface area contributed by atoms with Crippen molar-refractivity contribution in [3.8, 4) is 5.75 Å². The van der Waals surface area contributed by atoms with Gasteiger partial charge in [0, 0.05) is 18.4 Å². The van der Waals surface area contributed by atoms with Crippen molar-refractivity contribution in [3.63, 3.8) is 0 Å². The molecule has 0 saturated carbocycles. The van der Waals surface area contributed by atoms with E-state index in [1.807, 2.05) is 0 Å². The fourth-order valence-corrected chi connectivity index (χ4v) is 3.18. The topological polar surface area (TPSA) is 97.6 Å². The van der Waals surface area contributed by atoms with Gasteiger partial charge in [0.2, 0.25) is 0 Å². The van der Waals surface area contributed by atoms with Crippen molar-refractivity contribution in [1.29, 1.82) is 0 Å². The summed E-state index contributed by atoms with van der Waals surface area (Å²) in [6.45, 7) is 5.25. The lowest BCUT2D eigenvalue weighted by molar-refractivity contribution is -0.125. The van der Waals surface area contributed by atoms with Crippen molar-refractivity contribution in [2.24, 2.45) is 0 Å². The highest BCUT2D eigenvalue weighted by atomic mass is 16.5. The van der Waals surface area contributed by atoms with Crippen LogP contribution in [-0.4, -0.2) is 35.1 Å². The van der Waals surface area contributed by atoms with E-state index in [1.54, 1.807) is 52.1 Å². The van der Waals surface area contributed by atoms with Crippen LogP contribution in [0.25, 0.3) is 11.1 Å². The molecule has 1 aliphatic rings. The smallest absolute Gasteiger partial charge is 0.267 e. The highest BCUT2D eigenvalue weighted by Gasteiger charge is 2.29. The summed E-state index contributed by atoms with van der Waals surface area (Å²) >= 11 is 0. The van der Waals surface area contributed by atoms with Crippen LogP contribution in [0, 0.1) is 13.8 Å².